The molecule has 312 valence electrons. The number of fused-ring (bicyclic) bond motifs is 5. The van der Waals surface area contributed by atoms with E-state index in [0.717, 1.165) is 78.0 Å². The third-order valence-corrected chi connectivity index (χ3v) is 13.3. The van der Waals surface area contributed by atoms with Gasteiger partial charge in [0.25, 0.3) is 0 Å². The Morgan fingerprint density at radius 2 is 1.49 bits per heavy atom. The number of hydrogen-bond acceptors (Lipinski definition) is 8. The predicted octanol–water partition coefficient (Wildman–Crippen LogP) is 8.51. The summed E-state index contributed by atoms with van der Waals surface area (Å²) in [5, 5.41) is 2.73. The van der Waals surface area contributed by atoms with Crippen molar-refractivity contribution in [2.45, 2.75) is 123 Å². The molecule has 12 nitrogen and oxygen atoms in total. The topological polar surface area (TPSA) is 146 Å². The number of Topliss-reactive ketones (excluding diaryl/α,β-unsaturated/α-hetero) is 1. The number of aromatic nitrogens is 2. The van der Waals surface area contributed by atoms with Gasteiger partial charge < -0.3 is 29.6 Å². The van der Waals surface area contributed by atoms with Crippen molar-refractivity contribution in [1.82, 2.24) is 25.1 Å². The zero-order valence-electron chi connectivity index (χ0n) is 35.3. The number of benzene rings is 2. The Hall–Kier alpha value is -5.10. The molecule has 2 unspecified atom stereocenters. The van der Waals surface area contributed by atoms with Crippen molar-refractivity contribution >= 4 is 35.0 Å². The average molecular weight is 803 g/mol. The van der Waals surface area contributed by atoms with Crippen LogP contribution in [0.5, 0.6) is 0 Å². The lowest BCUT2D eigenvalue weighted by Gasteiger charge is -2.30. The van der Waals surface area contributed by atoms with E-state index < -0.39 is 12.1 Å². The third-order valence-electron chi connectivity index (χ3n) is 13.3. The Bertz CT molecular complexity index is 2170. The molecule has 8 rings (SSSR count). The second kappa shape index (κ2) is 16.9. The summed E-state index contributed by atoms with van der Waals surface area (Å²) in [6.45, 7) is 11.1. The number of ketones is 1. The summed E-state index contributed by atoms with van der Waals surface area (Å²) in [4.78, 5) is 69.1. The van der Waals surface area contributed by atoms with Crippen LogP contribution in [-0.4, -0.2) is 81.5 Å². The Balaban J connectivity index is 0.982. The zero-order valence-corrected chi connectivity index (χ0v) is 35.3. The van der Waals surface area contributed by atoms with E-state index in [2.05, 4.69) is 46.7 Å². The smallest absolute Gasteiger partial charge is 0.407 e. The summed E-state index contributed by atoms with van der Waals surface area (Å²) in [5.41, 5.74) is 10.0. The Labute approximate surface area is 347 Å². The molecule has 6 heterocycles. The van der Waals surface area contributed by atoms with Crippen LogP contribution in [0.1, 0.15) is 133 Å². The van der Waals surface area contributed by atoms with E-state index >= 15 is 0 Å². The van der Waals surface area contributed by atoms with Crippen LogP contribution in [0.4, 0.5) is 4.79 Å². The van der Waals surface area contributed by atoms with Crippen molar-refractivity contribution in [3.8, 4) is 22.4 Å². The molecule has 3 aromatic rings. The second-order valence-corrected chi connectivity index (χ2v) is 17.6. The minimum atomic E-state index is -0.691. The number of allylic oxidation sites excluding steroid dienone is 1. The molecule has 12 heteroatoms. The molecular weight excluding hydrogens is 745 g/mol. The number of amides is 3. The summed E-state index contributed by atoms with van der Waals surface area (Å²) in [6.07, 6.45) is 10.2. The first-order valence-electron chi connectivity index (χ1n) is 21.7. The van der Waals surface area contributed by atoms with Crippen LogP contribution < -0.4 is 5.32 Å². The van der Waals surface area contributed by atoms with Crippen molar-refractivity contribution in [2.75, 3.05) is 20.2 Å². The summed E-state index contributed by atoms with van der Waals surface area (Å²) in [5.74, 6) is 0.546. The van der Waals surface area contributed by atoms with Gasteiger partial charge >= 0.3 is 6.09 Å². The van der Waals surface area contributed by atoms with Crippen LogP contribution in [0.3, 0.4) is 0 Å². The number of methoxy groups -OCH3 is 1. The summed E-state index contributed by atoms with van der Waals surface area (Å²) in [6, 6.07) is 12.2. The number of carbonyl (C=O) groups is 4. The lowest BCUT2D eigenvalue weighted by Crippen LogP contribution is -2.51. The molecule has 3 amide bonds. The Morgan fingerprint density at radius 3 is 2.15 bits per heavy atom. The van der Waals surface area contributed by atoms with Gasteiger partial charge in [0.2, 0.25) is 11.8 Å². The molecule has 0 aliphatic carbocycles. The summed E-state index contributed by atoms with van der Waals surface area (Å²) in [7, 11) is 1.30. The maximum Gasteiger partial charge on any atom is 0.407 e. The van der Waals surface area contributed by atoms with Crippen LogP contribution >= 0.6 is 0 Å². The predicted molar refractivity (Wildman–Crippen MR) is 226 cm³/mol. The number of ether oxygens (including phenoxy) is 2. The summed E-state index contributed by atoms with van der Waals surface area (Å²) < 4.78 is 11.4. The lowest BCUT2D eigenvalue weighted by molar-refractivity contribution is -0.139. The van der Waals surface area contributed by atoms with E-state index in [4.69, 9.17) is 19.5 Å². The Morgan fingerprint density at radius 1 is 0.847 bits per heavy atom. The number of carbonyl (C=O) groups excluding carboxylic acids is 4. The normalized spacial score (nSPS) is 23.1. The molecule has 1 aromatic heterocycles. The highest BCUT2D eigenvalue weighted by atomic mass is 16.5. The largest absolute Gasteiger partial charge is 0.453 e. The van der Waals surface area contributed by atoms with Gasteiger partial charge in [0.1, 0.15) is 17.6 Å². The molecule has 5 aliphatic rings. The van der Waals surface area contributed by atoms with Crippen molar-refractivity contribution in [3.63, 3.8) is 0 Å². The summed E-state index contributed by atoms with van der Waals surface area (Å²) >= 11 is 0. The number of H-pyrrole nitrogens is 1. The number of likely N-dealkylation sites (tertiary alicyclic amines) is 2. The van der Waals surface area contributed by atoms with Crippen molar-refractivity contribution < 1.29 is 28.7 Å². The van der Waals surface area contributed by atoms with Crippen LogP contribution in [0.15, 0.2) is 53.8 Å². The van der Waals surface area contributed by atoms with Gasteiger partial charge in [-0.3, -0.25) is 19.4 Å². The van der Waals surface area contributed by atoms with Crippen LogP contribution in [0, 0.1) is 17.8 Å². The van der Waals surface area contributed by atoms with E-state index in [0.29, 0.717) is 32.4 Å². The average Bonchev–Trinajstić information content (AvgIpc) is 4.10. The molecule has 59 heavy (non-hydrogen) atoms. The highest BCUT2D eigenvalue weighted by Gasteiger charge is 2.43. The van der Waals surface area contributed by atoms with E-state index in [1.807, 2.05) is 56.8 Å². The van der Waals surface area contributed by atoms with Crippen LogP contribution in [-0.2, 0) is 23.9 Å². The van der Waals surface area contributed by atoms with Gasteiger partial charge in [-0.15, -0.1) is 0 Å². The minimum Gasteiger partial charge on any atom is -0.453 e. The quantitative estimate of drug-likeness (QED) is 0.176. The van der Waals surface area contributed by atoms with Gasteiger partial charge in [-0.2, -0.15) is 0 Å². The molecule has 3 saturated heterocycles. The monoisotopic (exact) mass is 802 g/mol. The molecule has 0 saturated carbocycles. The van der Waals surface area contributed by atoms with E-state index in [1.54, 1.807) is 0 Å². The van der Waals surface area contributed by atoms with Crippen molar-refractivity contribution in [2.24, 2.45) is 22.7 Å². The van der Waals surface area contributed by atoms with E-state index in [-0.39, 0.29) is 59.6 Å². The fourth-order valence-corrected chi connectivity index (χ4v) is 9.99. The fraction of sp³-hybridized carbons (Fsp3) is 0.532. The molecular formula is C47H58N6O6. The number of aromatic amines is 1. The van der Waals surface area contributed by atoms with Gasteiger partial charge in [-0.1, -0.05) is 71.0 Å². The molecule has 2 aromatic carbocycles. The molecule has 0 radical (unpaired) electrons. The number of rotatable bonds is 13. The molecule has 2 bridgehead atoms. The second-order valence-electron chi connectivity index (χ2n) is 17.6. The highest BCUT2D eigenvalue weighted by molar-refractivity contribution is 6.03. The minimum absolute atomic E-state index is 0.0147. The highest BCUT2D eigenvalue weighted by Crippen LogP contribution is 2.56. The van der Waals surface area contributed by atoms with E-state index in [1.165, 1.54) is 23.8 Å². The Kier molecular flexibility index (Phi) is 11.6. The maximum atomic E-state index is 13.8. The number of imidazole rings is 1. The van der Waals surface area contributed by atoms with Gasteiger partial charge in [0.05, 0.1) is 43.3 Å². The number of nitrogens with one attached hydrogen (secondary N) is 2. The first-order chi connectivity index (χ1) is 28.5. The first-order valence-corrected chi connectivity index (χ1v) is 21.7. The molecule has 2 N–H and O–H groups in total. The number of hydrogen-bond donors (Lipinski definition) is 2. The van der Waals surface area contributed by atoms with Gasteiger partial charge in [0, 0.05) is 55.7 Å². The molecule has 5 aliphatic heterocycles. The zero-order chi connectivity index (χ0) is 41.5. The number of nitrogens with zero attached hydrogens (tertiary/aromatic N) is 4. The number of alkyl carbamates (subject to hydrolysis) is 1. The standard InChI is InChI=1S/C47H58N6O6/c1-7-31(54)23-34(26(2)3)45(55)52-20-8-10-37(52)35-22-30(24-48-35)28-12-14-29(15-13-28)32-16-17-33(42-40-19-18-39(59-40)41(32)42)36-25-49-44(50-36)38-11-9-21-53(38)46(56)43(27(4)5)51-47(57)58-6/h12-17,24-27,34,37-40,43H,7-11,18-23H2,1-6H3,(H,49,50)(H,51,57)/t34-,37-,38-,39?,40?,43+/m0/s1. The van der Waals surface area contributed by atoms with Crippen LogP contribution in [0.2, 0.25) is 0 Å². The van der Waals surface area contributed by atoms with Crippen molar-refractivity contribution in [3.05, 3.63) is 71.3 Å². The fourth-order valence-electron chi connectivity index (χ4n) is 9.99. The third kappa shape index (κ3) is 7.76. The van der Waals surface area contributed by atoms with Gasteiger partial charge in [0.15, 0.2) is 0 Å². The molecule has 3 fully saturated rings. The maximum absolute atomic E-state index is 13.8. The van der Waals surface area contributed by atoms with Gasteiger partial charge in [-0.05, 0) is 83.8 Å². The first kappa shape index (κ1) is 40.7. The van der Waals surface area contributed by atoms with E-state index in [9.17, 15) is 19.2 Å². The lowest BCUT2D eigenvalue weighted by atomic mass is 9.82. The molecule has 6 atom stereocenters. The van der Waals surface area contributed by atoms with Gasteiger partial charge in [-0.25, -0.2) is 9.78 Å². The van der Waals surface area contributed by atoms with Crippen LogP contribution in [0.25, 0.3) is 28.0 Å². The van der Waals surface area contributed by atoms with Crippen molar-refractivity contribution in [1.29, 1.82) is 0 Å². The SMILES string of the molecule is CCC(=O)C[C@H](C(=O)N1CCC[C@H]1C1=NC=C(c2ccc(-c3ccc(-c4cnc([C@@H]5CCCN5C(=O)[C@H](NC(=O)OC)C(C)C)[nH]4)c4c3C3CCC4O3)cc2)C1)C(C)C. The molecule has 0 spiro atoms. The number of aliphatic imine (C=N–C) groups is 1.